The van der Waals surface area contributed by atoms with Crippen LogP contribution in [0.25, 0.3) is 0 Å². The molecule has 7 nitrogen and oxygen atoms in total. The van der Waals surface area contributed by atoms with E-state index in [-0.39, 0.29) is 17.9 Å². The van der Waals surface area contributed by atoms with E-state index >= 15 is 0 Å². The average molecular weight is 389 g/mol. The topological polar surface area (TPSA) is 114 Å². The van der Waals surface area contributed by atoms with E-state index in [1.807, 2.05) is 5.38 Å². The van der Waals surface area contributed by atoms with Gasteiger partial charge < -0.3 is 26.2 Å². The van der Waals surface area contributed by atoms with E-state index < -0.39 is 6.03 Å². The molecule has 27 heavy (non-hydrogen) atoms. The Hall–Kier alpha value is -2.58. The van der Waals surface area contributed by atoms with Crippen LogP contribution in [0.3, 0.4) is 0 Å². The summed E-state index contributed by atoms with van der Waals surface area (Å²) in [6, 6.07) is 4.51. The Labute approximate surface area is 161 Å². The smallest absolute Gasteiger partial charge is 0.316 e. The van der Waals surface area contributed by atoms with Crippen LogP contribution in [0.15, 0.2) is 29.0 Å². The number of carbonyl (C=O) groups is 2. The molecule has 1 heterocycles. The number of urea groups is 1. The van der Waals surface area contributed by atoms with Crippen LogP contribution >= 0.6 is 11.3 Å². The number of hydrogen-bond donors (Lipinski definition) is 4. The lowest BCUT2D eigenvalue weighted by atomic mass is 9.81. The Morgan fingerprint density at radius 3 is 2.52 bits per heavy atom. The van der Waals surface area contributed by atoms with Crippen LogP contribution in [0.5, 0.6) is 5.75 Å². The van der Waals surface area contributed by atoms with Crippen molar-refractivity contribution in [2.45, 2.75) is 37.7 Å². The normalized spacial score (nSPS) is 19.3. The van der Waals surface area contributed by atoms with Crippen LogP contribution in [0, 0.1) is 0 Å². The molecule has 1 aliphatic carbocycles. The summed E-state index contributed by atoms with van der Waals surface area (Å²) in [5.41, 5.74) is 7.80. The quantitative estimate of drug-likeness (QED) is 0.626. The van der Waals surface area contributed by atoms with Gasteiger partial charge in [-0.1, -0.05) is 0 Å². The molecule has 3 amide bonds. The number of carbonyl (C=O) groups excluding carboxylic acids is 2. The molecule has 1 fully saturated rings. The van der Waals surface area contributed by atoms with E-state index in [0.29, 0.717) is 35.5 Å². The number of amides is 3. The molecule has 0 atom stereocenters. The minimum Gasteiger partial charge on any atom is -0.495 e. The summed E-state index contributed by atoms with van der Waals surface area (Å²) in [6.07, 6.45) is 2.49. The number of nitrogens with one attached hydrogen (secondary N) is 2. The number of benzene rings is 1. The van der Waals surface area contributed by atoms with Gasteiger partial charge in [-0.2, -0.15) is 11.3 Å². The summed E-state index contributed by atoms with van der Waals surface area (Å²) >= 11 is 1.45. The van der Waals surface area contributed by atoms with Crippen LogP contribution in [0.4, 0.5) is 16.2 Å². The van der Waals surface area contributed by atoms with E-state index in [0.717, 1.165) is 18.4 Å². The minimum atomic E-state index is -0.702. The van der Waals surface area contributed by atoms with E-state index in [9.17, 15) is 14.7 Å². The van der Waals surface area contributed by atoms with Crippen LogP contribution in [0.1, 0.15) is 47.5 Å². The zero-order chi connectivity index (χ0) is 19.4. The lowest BCUT2D eigenvalue weighted by Crippen LogP contribution is -2.24. The van der Waals surface area contributed by atoms with Gasteiger partial charge in [-0.15, -0.1) is 0 Å². The number of aliphatic hydroxyl groups excluding tert-OH is 1. The third kappa shape index (κ3) is 4.40. The maximum atomic E-state index is 12.6. The molecule has 0 aliphatic heterocycles. The molecule has 144 valence electrons. The van der Waals surface area contributed by atoms with E-state index in [1.165, 1.54) is 18.4 Å². The summed E-state index contributed by atoms with van der Waals surface area (Å²) < 4.78 is 5.40. The van der Waals surface area contributed by atoms with Gasteiger partial charge in [-0.05, 0) is 55.2 Å². The van der Waals surface area contributed by atoms with Crippen molar-refractivity contribution in [3.63, 3.8) is 0 Å². The summed E-state index contributed by atoms with van der Waals surface area (Å²) in [5, 5.41) is 19.1. The van der Waals surface area contributed by atoms with E-state index in [1.54, 1.807) is 23.6 Å². The van der Waals surface area contributed by atoms with Gasteiger partial charge in [0.2, 0.25) is 0 Å². The second-order valence-corrected chi connectivity index (χ2v) is 7.34. The summed E-state index contributed by atoms with van der Waals surface area (Å²) in [4.78, 5) is 24.1. The number of hydrogen-bond acceptors (Lipinski definition) is 5. The maximum Gasteiger partial charge on any atom is 0.316 e. The molecular weight excluding hydrogens is 366 g/mol. The lowest BCUT2D eigenvalue weighted by molar-refractivity contribution is 0.102. The highest BCUT2D eigenvalue weighted by Gasteiger charge is 2.28. The Morgan fingerprint density at radius 1 is 1.19 bits per heavy atom. The van der Waals surface area contributed by atoms with Crippen molar-refractivity contribution in [2.75, 3.05) is 17.7 Å². The maximum absolute atomic E-state index is 12.6. The number of rotatable bonds is 5. The Morgan fingerprint density at radius 2 is 1.93 bits per heavy atom. The molecule has 0 spiro atoms. The predicted octanol–water partition coefficient (Wildman–Crippen LogP) is 3.52. The molecule has 8 heteroatoms. The largest absolute Gasteiger partial charge is 0.495 e. The highest BCUT2D eigenvalue weighted by Crippen LogP contribution is 2.44. The Balaban J connectivity index is 2.02. The zero-order valence-corrected chi connectivity index (χ0v) is 15.8. The van der Waals surface area contributed by atoms with E-state index in [2.05, 4.69) is 10.6 Å². The molecule has 1 saturated carbocycles. The molecule has 1 aromatic carbocycles. The molecule has 0 radical (unpaired) electrons. The van der Waals surface area contributed by atoms with Crippen molar-refractivity contribution >= 4 is 34.6 Å². The molecule has 5 N–H and O–H groups in total. The van der Waals surface area contributed by atoms with Gasteiger partial charge in [0.05, 0.1) is 24.5 Å². The zero-order valence-electron chi connectivity index (χ0n) is 15.0. The second-order valence-electron chi connectivity index (χ2n) is 6.56. The first-order valence-electron chi connectivity index (χ1n) is 8.78. The average Bonchev–Trinajstić information content (AvgIpc) is 3.17. The third-order valence-electron chi connectivity index (χ3n) is 4.81. The third-order valence-corrected chi connectivity index (χ3v) is 5.50. The lowest BCUT2D eigenvalue weighted by Gasteiger charge is -2.30. The van der Waals surface area contributed by atoms with Gasteiger partial charge in [0.15, 0.2) is 0 Å². The van der Waals surface area contributed by atoms with Gasteiger partial charge in [0, 0.05) is 16.6 Å². The first-order chi connectivity index (χ1) is 13.0. The van der Waals surface area contributed by atoms with E-state index in [4.69, 9.17) is 10.5 Å². The van der Waals surface area contributed by atoms with Crippen molar-refractivity contribution in [1.82, 2.24) is 0 Å². The second kappa shape index (κ2) is 8.41. The van der Waals surface area contributed by atoms with Crippen molar-refractivity contribution in [3.8, 4) is 5.75 Å². The summed E-state index contributed by atoms with van der Waals surface area (Å²) in [5.74, 6) is 0.315. The van der Waals surface area contributed by atoms with Crippen LogP contribution in [0.2, 0.25) is 0 Å². The standard InChI is InChI=1S/C19H23N3O4S/c1-26-15-7-6-14(21-18(24)12-8-9-27-10-12)16(17(15)22-19(20)25)11-2-4-13(23)5-3-11/h6-11,13,23H,2-5H2,1H3,(H,21,24)(H3,20,22,25). The predicted molar refractivity (Wildman–Crippen MR) is 106 cm³/mol. The van der Waals surface area contributed by atoms with Gasteiger partial charge in [0.1, 0.15) is 5.75 Å². The van der Waals surface area contributed by atoms with Crippen LogP contribution < -0.4 is 21.1 Å². The van der Waals surface area contributed by atoms with Gasteiger partial charge in [-0.3, -0.25) is 4.79 Å². The van der Waals surface area contributed by atoms with Crippen molar-refractivity contribution in [1.29, 1.82) is 0 Å². The molecule has 0 unspecified atom stereocenters. The highest BCUT2D eigenvalue weighted by atomic mass is 32.1. The molecule has 1 aromatic heterocycles. The van der Waals surface area contributed by atoms with Gasteiger partial charge in [-0.25, -0.2) is 4.79 Å². The van der Waals surface area contributed by atoms with Gasteiger partial charge in [0.25, 0.3) is 5.91 Å². The summed E-state index contributed by atoms with van der Waals surface area (Å²) in [7, 11) is 1.51. The molecule has 1 aliphatic rings. The number of thiophene rings is 1. The van der Waals surface area contributed by atoms with Crippen molar-refractivity contribution in [3.05, 3.63) is 40.1 Å². The molecular formula is C19H23N3O4S. The molecule has 0 bridgehead atoms. The highest BCUT2D eigenvalue weighted by molar-refractivity contribution is 7.08. The number of aliphatic hydroxyl groups is 1. The Bertz CT molecular complexity index is 815. The fourth-order valence-corrected chi connectivity index (χ4v) is 4.14. The SMILES string of the molecule is COc1ccc(NC(=O)c2ccsc2)c(C2CCC(O)CC2)c1NC(N)=O. The number of primary amides is 1. The summed E-state index contributed by atoms with van der Waals surface area (Å²) in [6.45, 7) is 0. The molecule has 3 rings (SSSR count). The Kier molecular flexibility index (Phi) is 5.98. The minimum absolute atomic E-state index is 0.0584. The number of nitrogens with two attached hydrogens (primary N) is 1. The van der Waals surface area contributed by atoms with Crippen LogP contribution in [-0.4, -0.2) is 30.3 Å². The number of anilines is 2. The molecule has 2 aromatic rings. The van der Waals surface area contributed by atoms with Crippen molar-refractivity contribution < 1.29 is 19.4 Å². The molecule has 0 saturated heterocycles. The van der Waals surface area contributed by atoms with Crippen molar-refractivity contribution in [2.24, 2.45) is 5.73 Å². The number of methoxy groups -OCH3 is 1. The first-order valence-corrected chi connectivity index (χ1v) is 9.72. The number of ether oxygens (including phenoxy) is 1. The monoisotopic (exact) mass is 389 g/mol. The first kappa shape index (κ1) is 19.2. The fraction of sp³-hybridized carbons (Fsp3) is 0.368. The van der Waals surface area contributed by atoms with Crippen LogP contribution in [-0.2, 0) is 0 Å². The van der Waals surface area contributed by atoms with Gasteiger partial charge >= 0.3 is 6.03 Å². The fourth-order valence-electron chi connectivity index (χ4n) is 3.51.